The lowest BCUT2D eigenvalue weighted by Crippen LogP contribution is -2.43. The van der Waals surface area contributed by atoms with Gasteiger partial charge in [-0.2, -0.15) is 0 Å². The summed E-state index contributed by atoms with van der Waals surface area (Å²) in [6.45, 7) is 3.83. The van der Waals surface area contributed by atoms with Gasteiger partial charge in [-0.05, 0) is 26.0 Å². The maximum atomic E-state index is 12.0. The molecule has 8 nitrogen and oxygen atoms in total. The van der Waals surface area contributed by atoms with Crippen LogP contribution in [0.2, 0.25) is 0 Å². The van der Waals surface area contributed by atoms with Crippen molar-refractivity contribution in [3.05, 3.63) is 33.9 Å². The zero-order valence-electron chi connectivity index (χ0n) is 12.1. The molecule has 0 heterocycles. The minimum atomic E-state index is -0.694. The van der Waals surface area contributed by atoms with Gasteiger partial charge < -0.3 is 16.0 Å². The van der Waals surface area contributed by atoms with Crippen LogP contribution >= 0.6 is 0 Å². The second-order valence-corrected chi connectivity index (χ2v) is 4.33. The number of hydrogen-bond donors (Lipinski definition) is 3. The van der Waals surface area contributed by atoms with Crippen molar-refractivity contribution in [2.45, 2.75) is 19.9 Å². The fourth-order valence-corrected chi connectivity index (χ4v) is 1.73. The van der Waals surface area contributed by atoms with Crippen LogP contribution < -0.4 is 16.0 Å². The van der Waals surface area contributed by atoms with Gasteiger partial charge in [0.1, 0.15) is 11.7 Å². The highest BCUT2D eigenvalue weighted by Gasteiger charge is 2.19. The van der Waals surface area contributed by atoms with Crippen molar-refractivity contribution in [3.8, 4) is 0 Å². The fraction of sp³-hybridized carbons (Fsp3) is 0.385. The molecule has 1 aromatic carbocycles. The third-order valence-corrected chi connectivity index (χ3v) is 2.81. The van der Waals surface area contributed by atoms with Crippen molar-refractivity contribution in [2.75, 3.05) is 18.9 Å². The summed E-state index contributed by atoms with van der Waals surface area (Å²) in [4.78, 5) is 33.8. The van der Waals surface area contributed by atoms with Crippen molar-refractivity contribution in [1.29, 1.82) is 0 Å². The van der Waals surface area contributed by atoms with Gasteiger partial charge in [0.25, 0.3) is 11.6 Å². The predicted molar refractivity (Wildman–Crippen MR) is 78.3 cm³/mol. The molecule has 1 atom stereocenters. The second kappa shape index (κ2) is 7.22. The smallest absolute Gasteiger partial charge is 0.292 e. The lowest BCUT2D eigenvalue weighted by Gasteiger charge is -2.13. The van der Waals surface area contributed by atoms with E-state index in [-0.39, 0.29) is 22.8 Å². The average Bonchev–Trinajstić information content (AvgIpc) is 2.46. The summed E-state index contributed by atoms with van der Waals surface area (Å²) in [7, 11) is 1.47. The Hall–Kier alpha value is -2.64. The van der Waals surface area contributed by atoms with E-state index in [4.69, 9.17) is 0 Å². The number of carbonyl (C=O) groups is 2. The molecule has 0 fully saturated rings. The van der Waals surface area contributed by atoms with Gasteiger partial charge in [-0.15, -0.1) is 0 Å². The molecule has 1 rings (SSSR count). The number of hydrogen-bond acceptors (Lipinski definition) is 5. The molecule has 0 aliphatic carbocycles. The van der Waals surface area contributed by atoms with E-state index in [1.807, 2.05) is 0 Å². The second-order valence-electron chi connectivity index (χ2n) is 4.33. The highest BCUT2D eigenvalue weighted by atomic mass is 16.6. The molecule has 1 unspecified atom stereocenters. The first kappa shape index (κ1) is 16.4. The predicted octanol–water partition coefficient (Wildman–Crippen LogP) is 0.891. The molecule has 0 aliphatic heterocycles. The molecule has 0 aromatic heterocycles. The number of amides is 2. The fourth-order valence-electron chi connectivity index (χ4n) is 1.73. The van der Waals surface area contributed by atoms with Crippen molar-refractivity contribution in [3.63, 3.8) is 0 Å². The first-order chi connectivity index (χ1) is 9.90. The van der Waals surface area contributed by atoms with Gasteiger partial charge in [0, 0.05) is 25.2 Å². The van der Waals surface area contributed by atoms with Crippen LogP contribution in [-0.2, 0) is 4.79 Å². The lowest BCUT2D eigenvalue weighted by atomic mass is 10.1. The first-order valence-corrected chi connectivity index (χ1v) is 6.45. The molecule has 0 radical (unpaired) electrons. The summed E-state index contributed by atoms with van der Waals surface area (Å²) < 4.78 is 0. The molecule has 0 saturated heterocycles. The van der Waals surface area contributed by atoms with E-state index in [1.165, 1.54) is 25.2 Å². The minimum absolute atomic E-state index is 0.104. The topological polar surface area (TPSA) is 113 Å². The summed E-state index contributed by atoms with van der Waals surface area (Å²) in [5.74, 6) is -0.794. The van der Waals surface area contributed by atoms with E-state index < -0.39 is 16.9 Å². The number of rotatable bonds is 6. The van der Waals surface area contributed by atoms with Crippen molar-refractivity contribution in [2.24, 2.45) is 0 Å². The Balaban J connectivity index is 2.98. The van der Waals surface area contributed by atoms with E-state index in [0.29, 0.717) is 6.54 Å². The number of benzene rings is 1. The number of carbonyl (C=O) groups excluding carboxylic acids is 2. The van der Waals surface area contributed by atoms with Crippen molar-refractivity contribution in [1.82, 2.24) is 10.6 Å². The Morgan fingerprint density at radius 2 is 2.05 bits per heavy atom. The number of nitro benzene ring substituents is 1. The number of nitro groups is 1. The number of anilines is 1. The highest BCUT2D eigenvalue weighted by Crippen LogP contribution is 2.25. The molecule has 0 saturated carbocycles. The minimum Gasteiger partial charge on any atom is -0.380 e. The Morgan fingerprint density at radius 1 is 1.38 bits per heavy atom. The van der Waals surface area contributed by atoms with Gasteiger partial charge in [-0.3, -0.25) is 19.7 Å². The molecule has 1 aromatic rings. The zero-order chi connectivity index (χ0) is 16.0. The Bertz CT molecular complexity index is 559. The zero-order valence-corrected chi connectivity index (χ0v) is 12.1. The van der Waals surface area contributed by atoms with E-state index in [9.17, 15) is 19.7 Å². The molecule has 0 bridgehead atoms. The number of likely N-dealkylation sites (N-methyl/N-ethyl adjacent to an activating group) is 1. The Kier molecular flexibility index (Phi) is 5.65. The van der Waals surface area contributed by atoms with Gasteiger partial charge in [0.05, 0.1) is 4.92 Å². The largest absolute Gasteiger partial charge is 0.380 e. The molecule has 8 heteroatoms. The van der Waals surface area contributed by atoms with Crippen LogP contribution in [0.25, 0.3) is 0 Å². The lowest BCUT2D eigenvalue weighted by molar-refractivity contribution is -0.384. The molecule has 114 valence electrons. The van der Waals surface area contributed by atoms with Crippen molar-refractivity contribution >= 4 is 23.2 Å². The van der Waals surface area contributed by atoms with E-state index in [1.54, 1.807) is 13.8 Å². The van der Waals surface area contributed by atoms with Crippen LogP contribution in [0.4, 0.5) is 11.4 Å². The summed E-state index contributed by atoms with van der Waals surface area (Å²) >= 11 is 0. The Labute approximate surface area is 122 Å². The third kappa shape index (κ3) is 4.16. The monoisotopic (exact) mass is 294 g/mol. The van der Waals surface area contributed by atoms with Gasteiger partial charge in [-0.1, -0.05) is 0 Å². The first-order valence-electron chi connectivity index (χ1n) is 6.45. The normalized spacial score (nSPS) is 11.4. The summed E-state index contributed by atoms with van der Waals surface area (Å²) in [6, 6.07) is 3.32. The highest BCUT2D eigenvalue weighted by molar-refractivity contribution is 5.98. The quantitative estimate of drug-likeness (QED) is 0.532. The van der Waals surface area contributed by atoms with E-state index >= 15 is 0 Å². The van der Waals surface area contributed by atoms with E-state index in [2.05, 4.69) is 16.0 Å². The maximum absolute atomic E-state index is 12.0. The van der Waals surface area contributed by atoms with Gasteiger partial charge in [-0.25, -0.2) is 0 Å². The maximum Gasteiger partial charge on any atom is 0.292 e. The standard InChI is InChI=1S/C13H18N4O4/c1-4-15-10-7-9(5-6-11(10)17(20)21)13(19)16-8(2)12(18)14-3/h5-8,15H,4H2,1-3H3,(H,14,18)(H,16,19). The molecular weight excluding hydrogens is 276 g/mol. The van der Waals surface area contributed by atoms with Gasteiger partial charge in [0.2, 0.25) is 5.91 Å². The summed E-state index contributed by atoms with van der Waals surface area (Å²) in [5, 5.41) is 18.7. The van der Waals surface area contributed by atoms with E-state index in [0.717, 1.165) is 0 Å². The number of nitrogens with zero attached hydrogens (tertiary/aromatic N) is 1. The van der Waals surface area contributed by atoms with Crippen LogP contribution in [0.5, 0.6) is 0 Å². The summed E-state index contributed by atoms with van der Waals surface area (Å²) in [6.07, 6.45) is 0. The molecule has 3 N–H and O–H groups in total. The van der Waals surface area contributed by atoms with Crippen molar-refractivity contribution < 1.29 is 14.5 Å². The Morgan fingerprint density at radius 3 is 2.57 bits per heavy atom. The van der Waals surface area contributed by atoms with Crippen LogP contribution in [0.1, 0.15) is 24.2 Å². The average molecular weight is 294 g/mol. The molecule has 0 aliphatic rings. The van der Waals surface area contributed by atoms with Crippen LogP contribution in [0.3, 0.4) is 0 Å². The van der Waals surface area contributed by atoms with Crippen LogP contribution in [0, 0.1) is 10.1 Å². The van der Waals surface area contributed by atoms with Crippen LogP contribution in [0.15, 0.2) is 18.2 Å². The molecule has 21 heavy (non-hydrogen) atoms. The SMILES string of the molecule is CCNc1cc(C(=O)NC(C)C(=O)NC)ccc1[N+](=O)[O-]. The van der Waals surface area contributed by atoms with Crippen LogP contribution in [-0.4, -0.2) is 36.4 Å². The molecule has 2 amide bonds. The molecule has 0 spiro atoms. The van der Waals surface area contributed by atoms with Gasteiger partial charge >= 0.3 is 0 Å². The molecular formula is C13H18N4O4. The summed E-state index contributed by atoms with van der Waals surface area (Å²) in [5.41, 5.74) is 0.405. The third-order valence-electron chi connectivity index (χ3n) is 2.81. The van der Waals surface area contributed by atoms with Gasteiger partial charge in [0.15, 0.2) is 0 Å². The number of nitrogens with one attached hydrogen (secondary N) is 3.